The quantitative estimate of drug-likeness (QED) is 0.905. The lowest BCUT2D eigenvalue weighted by atomic mass is 10.0. The van der Waals surface area contributed by atoms with Gasteiger partial charge in [0.1, 0.15) is 11.5 Å². The van der Waals surface area contributed by atoms with Gasteiger partial charge in [-0.2, -0.15) is 0 Å². The fourth-order valence-corrected chi connectivity index (χ4v) is 2.55. The van der Waals surface area contributed by atoms with Gasteiger partial charge in [0.2, 0.25) is 0 Å². The largest absolute Gasteiger partial charge is 0.457 e. The number of ether oxygens (including phenoxy) is 1. The second-order valence-corrected chi connectivity index (χ2v) is 5.15. The number of carbonyl (C=O) groups is 1. The molecule has 2 aromatic rings. The minimum absolute atomic E-state index is 0.00451. The molecule has 0 spiro atoms. The van der Waals surface area contributed by atoms with Crippen molar-refractivity contribution in [2.24, 2.45) is 0 Å². The van der Waals surface area contributed by atoms with Crippen LogP contribution in [-0.4, -0.2) is 12.5 Å². The number of fused-ring (bicyclic) bond motifs is 1. The monoisotopic (exact) mass is 267 g/mol. The predicted molar refractivity (Wildman–Crippen MR) is 78.5 cm³/mol. The number of para-hydroxylation sites is 1. The molecule has 0 aromatic heterocycles. The van der Waals surface area contributed by atoms with Crippen LogP contribution >= 0.6 is 0 Å². The van der Waals surface area contributed by atoms with Crippen molar-refractivity contribution < 1.29 is 9.53 Å². The Morgan fingerprint density at radius 3 is 2.60 bits per heavy atom. The summed E-state index contributed by atoms with van der Waals surface area (Å²) >= 11 is 0. The molecular weight excluding hydrogens is 250 g/mol. The van der Waals surface area contributed by atoms with Crippen molar-refractivity contribution in [3.05, 3.63) is 58.7 Å². The number of nitrogens with one attached hydrogen (secondary N) is 1. The Morgan fingerprint density at radius 2 is 1.85 bits per heavy atom. The zero-order valence-corrected chi connectivity index (χ0v) is 11.7. The summed E-state index contributed by atoms with van der Waals surface area (Å²) in [4.78, 5) is 11.7. The van der Waals surface area contributed by atoms with Crippen LogP contribution in [0.4, 0.5) is 0 Å². The Labute approximate surface area is 118 Å². The molecule has 1 aliphatic heterocycles. The van der Waals surface area contributed by atoms with Gasteiger partial charge in [-0.3, -0.25) is 4.79 Å². The van der Waals surface area contributed by atoms with Crippen molar-refractivity contribution in [1.82, 2.24) is 5.32 Å². The molecule has 0 saturated heterocycles. The van der Waals surface area contributed by atoms with Gasteiger partial charge in [-0.15, -0.1) is 0 Å². The topological polar surface area (TPSA) is 38.3 Å². The molecule has 1 aliphatic rings. The Balaban J connectivity index is 1.94. The van der Waals surface area contributed by atoms with E-state index in [1.807, 2.05) is 50.2 Å². The van der Waals surface area contributed by atoms with E-state index in [-0.39, 0.29) is 5.91 Å². The summed E-state index contributed by atoms with van der Waals surface area (Å²) in [5.41, 5.74) is 4.03. The van der Waals surface area contributed by atoms with Crippen molar-refractivity contribution in [2.75, 3.05) is 6.54 Å². The molecule has 3 rings (SSSR count). The summed E-state index contributed by atoms with van der Waals surface area (Å²) in [6.45, 7) is 4.76. The van der Waals surface area contributed by atoms with E-state index < -0.39 is 0 Å². The molecule has 20 heavy (non-hydrogen) atoms. The van der Waals surface area contributed by atoms with E-state index in [2.05, 4.69) is 5.32 Å². The molecule has 1 amide bonds. The van der Waals surface area contributed by atoms with Crippen molar-refractivity contribution in [3.63, 3.8) is 0 Å². The Bertz CT molecular complexity index is 656. The van der Waals surface area contributed by atoms with Crippen LogP contribution in [0, 0.1) is 13.8 Å². The first-order valence-corrected chi connectivity index (χ1v) is 6.80. The molecule has 0 fully saturated rings. The Hall–Kier alpha value is -2.29. The molecule has 2 aromatic carbocycles. The number of aryl methyl sites for hydroxylation is 2. The van der Waals surface area contributed by atoms with Gasteiger partial charge in [-0.1, -0.05) is 18.2 Å². The first-order valence-electron chi connectivity index (χ1n) is 6.80. The SMILES string of the molecule is Cc1cccc(C)c1Oc1ccc2c(c1)CCNC2=O. The van der Waals surface area contributed by atoms with Crippen molar-refractivity contribution >= 4 is 5.91 Å². The number of hydrogen-bond acceptors (Lipinski definition) is 2. The molecule has 0 saturated carbocycles. The molecule has 0 atom stereocenters. The van der Waals surface area contributed by atoms with E-state index in [9.17, 15) is 4.79 Å². The molecule has 102 valence electrons. The zero-order chi connectivity index (χ0) is 14.1. The maximum Gasteiger partial charge on any atom is 0.251 e. The standard InChI is InChI=1S/C17H17NO2/c1-11-4-3-5-12(2)16(11)20-14-6-7-15-13(10-14)8-9-18-17(15)19/h3-7,10H,8-9H2,1-2H3,(H,18,19). The van der Waals surface area contributed by atoms with E-state index in [0.717, 1.165) is 40.2 Å². The van der Waals surface area contributed by atoms with Crippen LogP contribution in [0.25, 0.3) is 0 Å². The summed E-state index contributed by atoms with van der Waals surface area (Å²) in [6, 6.07) is 11.8. The summed E-state index contributed by atoms with van der Waals surface area (Å²) in [5.74, 6) is 1.69. The third kappa shape index (κ3) is 2.27. The highest BCUT2D eigenvalue weighted by Crippen LogP contribution is 2.30. The molecule has 1 N–H and O–H groups in total. The number of hydrogen-bond donors (Lipinski definition) is 1. The predicted octanol–water partition coefficient (Wildman–Crippen LogP) is 3.38. The molecule has 0 unspecified atom stereocenters. The highest BCUT2D eigenvalue weighted by molar-refractivity contribution is 5.96. The minimum Gasteiger partial charge on any atom is -0.457 e. The molecule has 0 bridgehead atoms. The van der Waals surface area contributed by atoms with Gasteiger partial charge in [-0.25, -0.2) is 0 Å². The maximum atomic E-state index is 11.7. The Kier molecular flexibility index (Phi) is 3.18. The first-order chi connectivity index (χ1) is 9.65. The molecule has 1 heterocycles. The van der Waals surface area contributed by atoms with Gasteiger partial charge in [-0.05, 0) is 55.2 Å². The highest BCUT2D eigenvalue weighted by atomic mass is 16.5. The van der Waals surface area contributed by atoms with Gasteiger partial charge in [0, 0.05) is 12.1 Å². The summed E-state index contributed by atoms with van der Waals surface area (Å²) in [7, 11) is 0. The average Bonchev–Trinajstić information content (AvgIpc) is 2.43. The number of benzene rings is 2. The summed E-state index contributed by atoms with van der Waals surface area (Å²) in [6.07, 6.45) is 0.852. The van der Waals surface area contributed by atoms with Gasteiger partial charge in [0.15, 0.2) is 0 Å². The van der Waals surface area contributed by atoms with E-state index in [0.29, 0.717) is 6.54 Å². The first kappa shape index (κ1) is 12.7. The van der Waals surface area contributed by atoms with Crippen LogP contribution in [-0.2, 0) is 6.42 Å². The lowest BCUT2D eigenvalue weighted by Crippen LogP contribution is -2.31. The molecule has 0 radical (unpaired) electrons. The summed E-state index contributed by atoms with van der Waals surface area (Å²) < 4.78 is 6.01. The van der Waals surface area contributed by atoms with Gasteiger partial charge >= 0.3 is 0 Å². The highest BCUT2D eigenvalue weighted by Gasteiger charge is 2.17. The lowest BCUT2D eigenvalue weighted by Gasteiger charge is -2.18. The van der Waals surface area contributed by atoms with E-state index in [1.54, 1.807) is 0 Å². The van der Waals surface area contributed by atoms with E-state index >= 15 is 0 Å². The van der Waals surface area contributed by atoms with Crippen LogP contribution in [0.2, 0.25) is 0 Å². The van der Waals surface area contributed by atoms with E-state index in [1.165, 1.54) is 0 Å². The van der Waals surface area contributed by atoms with Gasteiger partial charge in [0.25, 0.3) is 5.91 Å². The van der Waals surface area contributed by atoms with Crippen LogP contribution in [0.3, 0.4) is 0 Å². The van der Waals surface area contributed by atoms with Crippen LogP contribution < -0.4 is 10.1 Å². The zero-order valence-electron chi connectivity index (χ0n) is 11.7. The van der Waals surface area contributed by atoms with E-state index in [4.69, 9.17) is 4.74 Å². The second kappa shape index (κ2) is 5.00. The van der Waals surface area contributed by atoms with Crippen molar-refractivity contribution in [2.45, 2.75) is 20.3 Å². The van der Waals surface area contributed by atoms with Crippen LogP contribution in [0.5, 0.6) is 11.5 Å². The third-order valence-corrected chi connectivity index (χ3v) is 3.63. The molecule has 3 nitrogen and oxygen atoms in total. The number of rotatable bonds is 2. The van der Waals surface area contributed by atoms with Crippen LogP contribution in [0.15, 0.2) is 36.4 Å². The van der Waals surface area contributed by atoms with Crippen molar-refractivity contribution in [1.29, 1.82) is 0 Å². The average molecular weight is 267 g/mol. The van der Waals surface area contributed by atoms with Crippen LogP contribution in [0.1, 0.15) is 27.0 Å². The third-order valence-electron chi connectivity index (χ3n) is 3.63. The number of amides is 1. The number of carbonyl (C=O) groups excluding carboxylic acids is 1. The maximum absolute atomic E-state index is 11.7. The van der Waals surface area contributed by atoms with Gasteiger partial charge < -0.3 is 10.1 Å². The smallest absolute Gasteiger partial charge is 0.251 e. The normalized spacial score (nSPS) is 13.6. The molecule has 0 aliphatic carbocycles. The Morgan fingerprint density at radius 1 is 1.10 bits per heavy atom. The lowest BCUT2D eigenvalue weighted by molar-refractivity contribution is 0.0946. The minimum atomic E-state index is 0.00451. The van der Waals surface area contributed by atoms with Crippen molar-refractivity contribution in [3.8, 4) is 11.5 Å². The molecular formula is C17H17NO2. The van der Waals surface area contributed by atoms with Gasteiger partial charge in [0.05, 0.1) is 0 Å². The summed E-state index contributed by atoms with van der Waals surface area (Å²) in [5, 5.41) is 2.85. The molecule has 3 heteroatoms. The fraction of sp³-hybridized carbons (Fsp3) is 0.235. The fourth-order valence-electron chi connectivity index (χ4n) is 2.55. The second-order valence-electron chi connectivity index (χ2n) is 5.15.